The Morgan fingerprint density at radius 1 is 0.743 bits per heavy atom. The highest BCUT2D eigenvalue weighted by Gasteiger charge is 2.26. The summed E-state index contributed by atoms with van der Waals surface area (Å²) in [6, 6.07) is 21.9. The van der Waals surface area contributed by atoms with Crippen LogP contribution in [0.15, 0.2) is 67.0 Å². The lowest BCUT2D eigenvalue weighted by molar-refractivity contribution is 0.322. The van der Waals surface area contributed by atoms with Gasteiger partial charge in [-0.25, -0.2) is 4.98 Å². The number of aromatic nitrogens is 3. The van der Waals surface area contributed by atoms with Crippen LogP contribution < -0.4 is 5.49 Å². The molecule has 2 aromatic carbocycles. The molecule has 0 atom stereocenters. The fourth-order valence-corrected chi connectivity index (χ4v) is 6.49. The zero-order chi connectivity index (χ0) is 23.6. The Morgan fingerprint density at radius 2 is 1.34 bits per heavy atom. The Hall–Kier alpha value is -3.14. The normalized spacial score (nSPS) is 17.7. The predicted octanol–water partition coefficient (Wildman–Crippen LogP) is 7.74. The molecule has 4 heteroatoms. The van der Waals surface area contributed by atoms with Crippen LogP contribution in [0.5, 0.6) is 0 Å². The summed E-state index contributed by atoms with van der Waals surface area (Å²) in [4.78, 5) is 5.12. The number of nitrogens with zero attached hydrogens (tertiary/aromatic N) is 3. The number of rotatable bonds is 5. The lowest BCUT2D eigenvalue weighted by Gasteiger charge is -2.25. The standard InChI is InChI=1S/C31H36N4/c32-30-28-27(24-15-7-2-8-16-24)29(25-17-9-3-10-18-25)34(21-23-13-5-1-6-14-23)31(28)33-22-35(30)26-19-11-4-12-20-26/h2-3,7-10,15-18,22-23,26,32H,1,4-6,11-14,19-21H2. The molecule has 2 heterocycles. The summed E-state index contributed by atoms with van der Waals surface area (Å²) in [6.07, 6.45) is 14.7. The summed E-state index contributed by atoms with van der Waals surface area (Å²) in [5.74, 6) is 0.673. The Bertz CT molecular complexity index is 1340. The summed E-state index contributed by atoms with van der Waals surface area (Å²) in [6.45, 7) is 0.980. The maximum absolute atomic E-state index is 9.47. The summed E-state index contributed by atoms with van der Waals surface area (Å²) in [5, 5.41) is 10.5. The Balaban J connectivity index is 1.64. The highest BCUT2D eigenvalue weighted by molar-refractivity contribution is 6.02. The molecule has 2 aromatic heterocycles. The van der Waals surface area contributed by atoms with Gasteiger partial charge < -0.3 is 9.13 Å². The van der Waals surface area contributed by atoms with Crippen LogP contribution in [0, 0.1) is 11.3 Å². The van der Waals surface area contributed by atoms with Crippen molar-refractivity contribution in [3.63, 3.8) is 0 Å². The first kappa shape index (κ1) is 22.3. The van der Waals surface area contributed by atoms with Gasteiger partial charge in [-0.1, -0.05) is 99.2 Å². The second kappa shape index (κ2) is 9.85. The number of nitrogens with one attached hydrogen (secondary N) is 1. The van der Waals surface area contributed by atoms with E-state index in [1.807, 2.05) is 6.33 Å². The fourth-order valence-electron chi connectivity index (χ4n) is 6.49. The van der Waals surface area contributed by atoms with Crippen molar-refractivity contribution in [2.45, 2.75) is 76.8 Å². The van der Waals surface area contributed by atoms with E-state index in [0.29, 0.717) is 17.4 Å². The lowest BCUT2D eigenvalue weighted by Crippen LogP contribution is -2.27. The minimum Gasteiger partial charge on any atom is -0.324 e. The minimum atomic E-state index is 0.388. The molecule has 0 aliphatic heterocycles. The summed E-state index contributed by atoms with van der Waals surface area (Å²) in [5.41, 5.74) is 6.38. The van der Waals surface area contributed by atoms with Gasteiger partial charge in [0.2, 0.25) is 0 Å². The predicted molar refractivity (Wildman–Crippen MR) is 143 cm³/mol. The van der Waals surface area contributed by atoms with E-state index in [1.165, 1.54) is 73.8 Å². The molecule has 0 saturated heterocycles. The van der Waals surface area contributed by atoms with Crippen molar-refractivity contribution in [1.29, 1.82) is 5.41 Å². The van der Waals surface area contributed by atoms with Crippen molar-refractivity contribution in [3.8, 4) is 22.4 Å². The van der Waals surface area contributed by atoms with E-state index in [2.05, 4.69) is 69.8 Å². The molecule has 2 aliphatic carbocycles. The van der Waals surface area contributed by atoms with Crippen LogP contribution in [0.2, 0.25) is 0 Å². The van der Waals surface area contributed by atoms with E-state index in [1.54, 1.807) is 0 Å². The van der Waals surface area contributed by atoms with Gasteiger partial charge in [-0.2, -0.15) is 0 Å². The molecule has 0 radical (unpaired) electrons. The van der Waals surface area contributed by atoms with E-state index in [0.717, 1.165) is 30.4 Å². The second-order valence-electron chi connectivity index (χ2n) is 10.6. The van der Waals surface area contributed by atoms with Gasteiger partial charge in [0.15, 0.2) is 0 Å². The van der Waals surface area contributed by atoms with Gasteiger partial charge in [0, 0.05) is 18.2 Å². The average molecular weight is 465 g/mol. The van der Waals surface area contributed by atoms with Gasteiger partial charge in [-0.3, -0.25) is 5.41 Å². The maximum Gasteiger partial charge on any atom is 0.146 e. The van der Waals surface area contributed by atoms with Crippen molar-refractivity contribution < 1.29 is 0 Å². The molecular formula is C31H36N4. The lowest BCUT2D eigenvalue weighted by atomic mass is 9.89. The van der Waals surface area contributed by atoms with Crippen molar-refractivity contribution in [2.24, 2.45) is 5.92 Å². The molecule has 2 fully saturated rings. The van der Waals surface area contributed by atoms with Gasteiger partial charge in [0.05, 0.1) is 17.4 Å². The fraction of sp³-hybridized carbons (Fsp3) is 0.419. The molecular weight excluding hydrogens is 428 g/mol. The van der Waals surface area contributed by atoms with E-state index in [-0.39, 0.29) is 0 Å². The monoisotopic (exact) mass is 464 g/mol. The number of benzene rings is 2. The maximum atomic E-state index is 9.47. The summed E-state index contributed by atoms with van der Waals surface area (Å²) >= 11 is 0. The molecule has 4 nitrogen and oxygen atoms in total. The molecule has 6 rings (SSSR count). The first-order valence-electron chi connectivity index (χ1n) is 13.6. The Labute approximate surface area is 208 Å². The van der Waals surface area contributed by atoms with Gasteiger partial charge in [-0.15, -0.1) is 0 Å². The minimum absolute atomic E-state index is 0.388. The van der Waals surface area contributed by atoms with Gasteiger partial charge >= 0.3 is 0 Å². The first-order chi connectivity index (χ1) is 17.3. The number of hydrogen-bond acceptors (Lipinski definition) is 2. The Morgan fingerprint density at radius 3 is 2.00 bits per heavy atom. The molecule has 4 aromatic rings. The van der Waals surface area contributed by atoms with E-state index >= 15 is 0 Å². The zero-order valence-electron chi connectivity index (χ0n) is 20.6. The molecule has 0 spiro atoms. The van der Waals surface area contributed by atoms with E-state index in [4.69, 9.17) is 4.98 Å². The van der Waals surface area contributed by atoms with Crippen LogP contribution >= 0.6 is 0 Å². The zero-order valence-corrected chi connectivity index (χ0v) is 20.6. The number of fused-ring (bicyclic) bond motifs is 1. The highest BCUT2D eigenvalue weighted by Crippen LogP contribution is 2.41. The summed E-state index contributed by atoms with van der Waals surface area (Å²) in [7, 11) is 0. The first-order valence-corrected chi connectivity index (χ1v) is 13.6. The van der Waals surface area contributed by atoms with Crippen molar-refractivity contribution in [1.82, 2.24) is 14.1 Å². The molecule has 180 valence electrons. The smallest absolute Gasteiger partial charge is 0.146 e. The molecule has 0 unspecified atom stereocenters. The van der Waals surface area contributed by atoms with Crippen molar-refractivity contribution >= 4 is 11.0 Å². The third kappa shape index (κ3) is 4.24. The number of hydrogen-bond donors (Lipinski definition) is 1. The molecule has 35 heavy (non-hydrogen) atoms. The summed E-state index contributed by atoms with van der Waals surface area (Å²) < 4.78 is 4.64. The molecule has 1 N–H and O–H groups in total. The topological polar surface area (TPSA) is 46.6 Å². The van der Waals surface area contributed by atoms with Crippen molar-refractivity contribution in [3.05, 3.63) is 72.5 Å². The molecule has 2 saturated carbocycles. The highest BCUT2D eigenvalue weighted by atomic mass is 15.1. The Kier molecular flexibility index (Phi) is 6.28. The second-order valence-corrected chi connectivity index (χ2v) is 10.6. The van der Waals surface area contributed by atoms with Crippen LogP contribution in [0.3, 0.4) is 0 Å². The third-order valence-electron chi connectivity index (χ3n) is 8.28. The van der Waals surface area contributed by atoms with Gasteiger partial charge in [0.25, 0.3) is 0 Å². The van der Waals surface area contributed by atoms with Crippen LogP contribution in [0.25, 0.3) is 33.4 Å². The van der Waals surface area contributed by atoms with Crippen molar-refractivity contribution in [2.75, 3.05) is 0 Å². The van der Waals surface area contributed by atoms with Gasteiger partial charge in [0.1, 0.15) is 11.1 Å². The average Bonchev–Trinajstić information content (AvgIpc) is 3.26. The van der Waals surface area contributed by atoms with E-state index in [9.17, 15) is 5.41 Å². The quantitative estimate of drug-likeness (QED) is 0.323. The molecule has 0 amide bonds. The van der Waals surface area contributed by atoms with E-state index < -0.39 is 0 Å². The van der Waals surface area contributed by atoms with Crippen LogP contribution in [0.4, 0.5) is 0 Å². The van der Waals surface area contributed by atoms with Crippen LogP contribution in [0.1, 0.15) is 70.3 Å². The van der Waals surface area contributed by atoms with Crippen LogP contribution in [-0.2, 0) is 6.54 Å². The van der Waals surface area contributed by atoms with Gasteiger partial charge in [-0.05, 0) is 42.7 Å². The third-order valence-corrected chi connectivity index (χ3v) is 8.28. The molecule has 2 aliphatic rings. The van der Waals surface area contributed by atoms with Crippen LogP contribution in [-0.4, -0.2) is 14.1 Å². The molecule has 0 bridgehead atoms. The SMILES string of the molecule is N=c1c2c(-c3ccccc3)c(-c3ccccc3)n(CC3CCCCC3)c2ncn1C1CCCCC1. The largest absolute Gasteiger partial charge is 0.324 e.